The summed E-state index contributed by atoms with van der Waals surface area (Å²) in [4.78, 5) is 16.8. The highest BCUT2D eigenvalue weighted by molar-refractivity contribution is 6.33. The van der Waals surface area contributed by atoms with Crippen molar-refractivity contribution < 1.29 is 9.18 Å². The lowest BCUT2D eigenvalue weighted by molar-refractivity contribution is -0.120. The number of nitrogens with zero attached hydrogens (tertiary/aromatic N) is 2. The Morgan fingerprint density at radius 1 is 1.08 bits per heavy atom. The molecule has 3 rings (SSSR count). The summed E-state index contributed by atoms with van der Waals surface area (Å²) in [7, 11) is 0. The predicted molar refractivity (Wildman–Crippen MR) is 99.7 cm³/mol. The Kier molecular flexibility index (Phi) is 5.56. The highest BCUT2D eigenvalue weighted by Crippen LogP contribution is 2.26. The number of para-hydroxylation sites is 1. The van der Waals surface area contributed by atoms with E-state index in [1.54, 1.807) is 12.1 Å². The van der Waals surface area contributed by atoms with Crippen LogP contribution < -0.4 is 10.2 Å². The van der Waals surface area contributed by atoms with E-state index < -0.39 is 0 Å². The zero-order valence-corrected chi connectivity index (χ0v) is 14.8. The van der Waals surface area contributed by atoms with Crippen LogP contribution in [-0.4, -0.2) is 43.0 Å². The van der Waals surface area contributed by atoms with E-state index in [1.165, 1.54) is 12.1 Å². The molecule has 132 valence electrons. The summed E-state index contributed by atoms with van der Waals surface area (Å²) < 4.78 is 12.9. The molecule has 0 bridgehead atoms. The first-order chi connectivity index (χ1) is 12.0. The molecule has 2 aromatic rings. The van der Waals surface area contributed by atoms with Crippen molar-refractivity contribution in [1.82, 2.24) is 4.90 Å². The molecule has 1 saturated heterocycles. The van der Waals surface area contributed by atoms with Crippen LogP contribution in [-0.2, 0) is 4.79 Å². The van der Waals surface area contributed by atoms with Crippen LogP contribution in [0.1, 0.15) is 6.92 Å². The normalized spacial score (nSPS) is 16.5. The van der Waals surface area contributed by atoms with Gasteiger partial charge in [-0.25, -0.2) is 4.39 Å². The Labute approximate surface area is 152 Å². The molecule has 1 aliphatic rings. The molecule has 25 heavy (non-hydrogen) atoms. The fourth-order valence-corrected chi connectivity index (χ4v) is 3.26. The van der Waals surface area contributed by atoms with E-state index in [9.17, 15) is 9.18 Å². The van der Waals surface area contributed by atoms with Gasteiger partial charge >= 0.3 is 0 Å². The summed E-state index contributed by atoms with van der Waals surface area (Å²) in [6.07, 6.45) is 0. The largest absolute Gasteiger partial charge is 0.368 e. The van der Waals surface area contributed by atoms with Crippen LogP contribution in [0.3, 0.4) is 0 Å². The van der Waals surface area contributed by atoms with E-state index in [4.69, 9.17) is 11.6 Å². The van der Waals surface area contributed by atoms with Gasteiger partial charge in [0.25, 0.3) is 0 Å². The fraction of sp³-hybridized carbons (Fsp3) is 0.316. The Hall–Kier alpha value is -2.11. The average Bonchev–Trinajstić information content (AvgIpc) is 2.63. The van der Waals surface area contributed by atoms with Crippen LogP contribution in [0.15, 0.2) is 48.5 Å². The second-order valence-electron chi connectivity index (χ2n) is 6.15. The predicted octanol–water partition coefficient (Wildman–Crippen LogP) is 3.63. The number of amides is 1. The Bertz CT molecular complexity index is 730. The van der Waals surface area contributed by atoms with Gasteiger partial charge in [0.05, 0.1) is 16.8 Å². The lowest BCUT2D eigenvalue weighted by Crippen LogP contribution is -2.52. The average molecular weight is 362 g/mol. The molecule has 1 N–H and O–H groups in total. The molecule has 4 nitrogen and oxygen atoms in total. The number of benzene rings is 2. The number of nitrogens with one attached hydrogen (secondary N) is 1. The molecule has 6 heteroatoms. The van der Waals surface area contributed by atoms with Gasteiger partial charge in [0.1, 0.15) is 5.82 Å². The second kappa shape index (κ2) is 7.85. The minimum Gasteiger partial charge on any atom is -0.368 e. The number of hydrogen-bond donors (Lipinski definition) is 1. The number of anilines is 2. The monoisotopic (exact) mass is 361 g/mol. The van der Waals surface area contributed by atoms with E-state index in [0.29, 0.717) is 5.69 Å². The molecule has 0 saturated carbocycles. The van der Waals surface area contributed by atoms with Gasteiger partial charge in [-0.2, -0.15) is 0 Å². The third-order valence-electron chi connectivity index (χ3n) is 4.55. The summed E-state index contributed by atoms with van der Waals surface area (Å²) in [5.41, 5.74) is 1.64. The maximum atomic E-state index is 12.9. The molecule has 1 aliphatic heterocycles. The molecule has 0 spiro atoms. The Morgan fingerprint density at radius 2 is 1.72 bits per heavy atom. The van der Waals surface area contributed by atoms with Gasteiger partial charge in [-0.3, -0.25) is 9.69 Å². The van der Waals surface area contributed by atoms with Gasteiger partial charge in [0.15, 0.2) is 0 Å². The number of halogens is 2. The Morgan fingerprint density at radius 3 is 2.36 bits per heavy atom. The van der Waals surface area contributed by atoms with Crippen LogP contribution in [0, 0.1) is 5.82 Å². The molecule has 1 amide bonds. The molecular weight excluding hydrogens is 341 g/mol. The lowest BCUT2D eigenvalue weighted by atomic mass is 10.2. The van der Waals surface area contributed by atoms with E-state index in [-0.39, 0.29) is 17.8 Å². The molecule has 0 aromatic heterocycles. The summed E-state index contributed by atoms with van der Waals surface area (Å²) in [5, 5.41) is 3.58. The quantitative estimate of drug-likeness (QED) is 0.903. The minimum atomic E-state index is -0.318. The van der Waals surface area contributed by atoms with Gasteiger partial charge in [0, 0.05) is 31.9 Å². The number of hydrogen-bond acceptors (Lipinski definition) is 3. The summed E-state index contributed by atoms with van der Waals surface area (Å²) in [6, 6.07) is 13.4. The van der Waals surface area contributed by atoms with Gasteiger partial charge in [0.2, 0.25) is 5.91 Å². The maximum Gasteiger partial charge on any atom is 0.241 e. The number of carbonyl (C=O) groups is 1. The van der Waals surface area contributed by atoms with Gasteiger partial charge in [-0.1, -0.05) is 23.7 Å². The van der Waals surface area contributed by atoms with Gasteiger partial charge < -0.3 is 10.2 Å². The highest BCUT2D eigenvalue weighted by atomic mass is 35.5. The summed E-state index contributed by atoms with van der Waals surface area (Å²) >= 11 is 6.26. The molecular formula is C19H21ClFN3O. The van der Waals surface area contributed by atoms with Crippen molar-refractivity contribution in [2.45, 2.75) is 13.0 Å². The van der Waals surface area contributed by atoms with Crippen LogP contribution in [0.2, 0.25) is 5.02 Å². The number of piperazine rings is 1. The lowest BCUT2D eigenvalue weighted by Gasteiger charge is -2.38. The van der Waals surface area contributed by atoms with E-state index >= 15 is 0 Å². The third kappa shape index (κ3) is 4.30. The van der Waals surface area contributed by atoms with Crippen LogP contribution in [0.25, 0.3) is 0 Å². The van der Waals surface area contributed by atoms with Gasteiger partial charge in [-0.15, -0.1) is 0 Å². The summed E-state index contributed by atoms with van der Waals surface area (Å²) in [6.45, 7) is 5.09. The van der Waals surface area contributed by atoms with E-state index in [0.717, 1.165) is 36.9 Å². The maximum absolute atomic E-state index is 12.9. The third-order valence-corrected chi connectivity index (χ3v) is 4.87. The first-order valence-corrected chi connectivity index (χ1v) is 8.72. The first-order valence-electron chi connectivity index (χ1n) is 8.34. The zero-order valence-electron chi connectivity index (χ0n) is 14.1. The van der Waals surface area contributed by atoms with Crippen molar-refractivity contribution in [1.29, 1.82) is 0 Å². The molecule has 0 unspecified atom stereocenters. The molecule has 0 aliphatic carbocycles. The van der Waals surface area contributed by atoms with Crippen LogP contribution in [0.4, 0.5) is 15.8 Å². The van der Waals surface area contributed by atoms with Gasteiger partial charge in [-0.05, 0) is 43.3 Å². The first kappa shape index (κ1) is 17.7. The van der Waals surface area contributed by atoms with Crippen LogP contribution >= 0.6 is 11.6 Å². The fourth-order valence-electron chi connectivity index (χ4n) is 3.00. The van der Waals surface area contributed by atoms with Crippen molar-refractivity contribution in [3.8, 4) is 0 Å². The smallest absolute Gasteiger partial charge is 0.241 e. The number of rotatable bonds is 4. The van der Waals surface area contributed by atoms with Crippen molar-refractivity contribution in [2.24, 2.45) is 0 Å². The Balaban J connectivity index is 1.56. The van der Waals surface area contributed by atoms with E-state index in [2.05, 4.69) is 15.1 Å². The highest BCUT2D eigenvalue weighted by Gasteiger charge is 2.26. The molecule has 2 aromatic carbocycles. The molecule has 1 atom stereocenters. The molecule has 1 fully saturated rings. The van der Waals surface area contributed by atoms with Crippen molar-refractivity contribution in [2.75, 3.05) is 36.4 Å². The minimum absolute atomic E-state index is 0.0854. The van der Waals surface area contributed by atoms with Crippen LogP contribution in [0.5, 0.6) is 0 Å². The second-order valence-corrected chi connectivity index (χ2v) is 6.55. The standard InChI is InChI=1S/C19H21ClFN3O/c1-14(19(25)22-16-8-6-15(21)7-9-16)23-10-12-24(13-11-23)18-5-3-2-4-17(18)20/h2-9,14H,10-13H2,1H3,(H,22,25)/t14-/m0/s1. The summed E-state index contributed by atoms with van der Waals surface area (Å²) in [5.74, 6) is -0.403. The zero-order chi connectivity index (χ0) is 17.8. The van der Waals surface area contributed by atoms with Crippen molar-refractivity contribution in [3.63, 3.8) is 0 Å². The van der Waals surface area contributed by atoms with Crippen molar-refractivity contribution in [3.05, 3.63) is 59.4 Å². The van der Waals surface area contributed by atoms with Crippen molar-refractivity contribution >= 4 is 28.9 Å². The molecule has 0 radical (unpaired) electrons. The number of carbonyl (C=O) groups excluding carboxylic acids is 1. The molecule has 1 heterocycles. The topological polar surface area (TPSA) is 35.6 Å². The SMILES string of the molecule is C[C@@H](C(=O)Nc1ccc(F)cc1)N1CCN(c2ccccc2Cl)CC1. The van der Waals surface area contributed by atoms with E-state index in [1.807, 2.05) is 31.2 Å².